The molecule has 6 heteroatoms. The van der Waals surface area contributed by atoms with E-state index in [2.05, 4.69) is 100 Å². The molecule has 37 heavy (non-hydrogen) atoms. The van der Waals surface area contributed by atoms with Crippen molar-refractivity contribution in [1.82, 2.24) is 20.5 Å². The van der Waals surface area contributed by atoms with Crippen LogP contribution in [0, 0.1) is 0 Å². The summed E-state index contributed by atoms with van der Waals surface area (Å²) < 4.78 is 0. The number of carbonyl (C=O) groups is 1. The second-order valence-corrected chi connectivity index (χ2v) is 10.4. The first-order valence-electron chi connectivity index (χ1n) is 13.2. The molecule has 5 rings (SSSR count). The number of nitrogens with zero attached hydrogens (tertiary/aromatic N) is 3. The summed E-state index contributed by atoms with van der Waals surface area (Å²) in [6.45, 7) is 2.17. The molecule has 0 saturated carbocycles. The number of fused-ring (bicyclic) bond motifs is 1. The zero-order chi connectivity index (χ0) is 25.6. The highest BCUT2D eigenvalue weighted by Crippen LogP contribution is 2.31. The first kappa shape index (κ1) is 25.2. The van der Waals surface area contributed by atoms with Crippen molar-refractivity contribution >= 4 is 17.7 Å². The molecule has 192 valence electrons. The van der Waals surface area contributed by atoms with Crippen molar-refractivity contribution in [3.05, 3.63) is 101 Å². The van der Waals surface area contributed by atoms with Crippen molar-refractivity contribution in [2.75, 3.05) is 32.1 Å². The van der Waals surface area contributed by atoms with E-state index in [1.54, 1.807) is 6.20 Å². The minimum absolute atomic E-state index is 0.112. The van der Waals surface area contributed by atoms with Gasteiger partial charge in [-0.2, -0.15) is 0 Å². The lowest BCUT2D eigenvalue weighted by atomic mass is 10.1. The van der Waals surface area contributed by atoms with Crippen LogP contribution in [0.25, 0.3) is 6.08 Å². The van der Waals surface area contributed by atoms with Gasteiger partial charge in [0.05, 0.1) is 6.04 Å². The van der Waals surface area contributed by atoms with Crippen molar-refractivity contribution in [2.45, 2.75) is 43.9 Å². The van der Waals surface area contributed by atoms with Crippen LogP contribution >= 0.6 is 0 Å². The number of hydrogen-bond acceptors (Lipinski definition) is 5. The predicted molar refractivity (Wildman–Crippen MR) is 150 cm³/mol. The van der Waals surface area contributed by atoms with E-state index < -0.39 is 0 Å². The van der Waals surface area contributed by atoms with Crippen molar-refractivity contribution < 1.29 is 4.79 Å². The van der Waals surface area contributed by atoms with Crippen LogP contribution in [0.4, 0.5) is 5.69 Å². The first-order chi connectivity index (χ1) is 18.1. The molecule has 0 spiro atoms. The Labute approximate surface area is 220 Å². The van der Waals surface area contributed by atoms with Gasteiger partial charge in [0, 0.05) is 63.9 Å². The topological polar surface area (TPSA) is 60.5 Å². The molecule has 1 fully saturated rings. The molecule has 0 radical (unpaired) electrons. The summed E-state index contributed by atoms with van der Waals surface area (Å²) in [5, 5.41) is 6.86. The van der Waals surface area contributed by atoms with Gasteiger partial charge in [-0.1, -0.05) is 54.6 Å². The summed E-state index contributed by atoms with van der Waals surface area (Å²) in [5.74, 6) is 0.112. The molecule has 1 aliphatic heterocycles. The maximum atomic E-state index is 13.4. The highest BCUT2D eigenvalue weighted by molar-refractivity contribution is 5.82. The quantitative estimate of drug-likeness (QED) is 0.474. The number of rotatable bonds is 9. The Hall–Kier alpha value is -3.48. The zero-order valence-corrected chi connectivity index (χ0v) is 21.8. The third-order valence-corrected chi connectivity index (χ3v) is 7.57. The molecule has 0 unspecified atom stereocenters. The lowest BCUT2D eigenvalue weighted by molar-refractivity contribution is -0.126. The predicted octanol–water partition coefficient (Wildman–Crippen LogP) is 3.68. The SMILES string of the molecule is CN(C)c1ccc(C=CCN[C@H]2C[C@@H](C(=O)NCc3cccnc3)N(C3Cc4ccccc4C3)C2)cc1. The van der Waals surface area contributed by atoms with Gasteiger partial charge < -0.3 is 15.5 Å². The van der Waals surface area contributed by atoms with E-state index in [1.165, 1.54) is 22.4 Å². The Morgan fingerprint density at radius 3 is 2.49 bits per heavy atom. The molecule has 2 atom stereocenters. The van der Waals surface area contributed by atoms with Crippen LogP contribution in [0.15, 0.2) is 79.1 Å². The Morgan fingerprint density at radius 2 is 1.81 bits per heavy atom. The van der Waals surface area contributed by atoms with Crippen LogP contribution < -0.4 is 15.5 Å². The minimum atomic E-state index is -0.129. The average Bonchev–Trinajstić information content (AvgIpc) is 3.55. The van der Waals surface area contributed by atoms with Gasteiger partial charge in [-0.15, -0.1) is 0 Å². The molecule has 2 N–H and O–H groups in total. The van der Waals surface area contributed by atoms with Crippen molar-refractivity contribution in [1.29, 1.82) is 0 Å². The molecule has 1 saturated heterocycles. The maximum Gasteiger partial charge on any atom is 0.237 e. The van der Waals surface area contributed by atoms with E-state index in [4.69, 9.17) is 0 Å². The van der Waals surface area contributed by atoms with Crippen LogP contribution in [0.2, 0.25) is 0 Å². The highest BCUT2D eigenvalue weighted by Gasteiger charge is 2.41. The summed E-state index contributed by atoms with van der Waals surface area (Å²) in [6, 6.07) is 21.7. The van der Waals surface area contributed by atoms with E-state index in [1.807, 2.05) is 18.3 Å². The van der Waals surface area contributed by atoms with Gasteiger partial charge in [0.2, 0.25) is 5.91 Å². The molecule has 2 heterocycles. The lowest BCUT2D eigenvalue weighted by Crippen LogP contribution is -2.48. The molecule has 3 aromatic rings. The van der Waals surface area contributed by atoms with Crippen molar-refractivity contribution in [3.8, 4) is 0 Å². The number of carbonyl (C=O) groups excluding carboxylic acids is 1. The number of aromatic nitrogens is 1. The molecule has 2 aliphatic rings. The normalized spacial score (nSPS) is 19.8. The number of likely N-dealkylation sites (tertiary alicyclic amines) is 1. The third kappa shape index (κ3) is 6.27. The Morgan fingerprint density at radius 1 is 1.05 bits per heavy atom. The van der Waals surface area contributed by atoms with Gasteiger partial charge in [-0.3, -0.25) is 14.7 Å². The van der Waals surface area contributed by atoms with Crippen LogP contribution in [0.5, 0.6) is 0 Å². The Bertz CT molecular complexity index is 1180. The van der Waals surface area contributed by atoms with Gasteiger partial charge in [-0.05, 0) is 59.7 Å². The lowest BCUT2D eigenvalue weighted by Gasteiger charge is -2.29. The van der Waals surface area contributed by atoms with E-state index in [-0.39, 0.29) is 18.0 Å². The summed E-state index contributed by atoms with van der Waals surface area (Å²) in [5.41, 5.74) is 6.25. The third-order valence-electron chi connectivity index (χ3n) is 7.57. The summed E-state index contributed by atoms with van der Waals surface area (Å²) in [4.78, 5) is 22.1. The van der Waals surface area contributed by atoms with Crippen LogP contribution in [-0.4, -0.2) is 61.1 Å². The Kier molecular flexibility index (Phi) is 7.97. The second kappa shape index (κ2) is 11.7. The Balaban J connectivity index is 1.21. The monoisotopic (exact) mass is 495 g/mol. The maximum absolute atomic E-state index is 13.4. The molecular weight excluding hydrogens is 458 g/mol. The molecule has 1 aliphatic carbocycles. The molecule has 1 amide bonds. The summed E-state index contributed by atoms with van der Waals surface area (Å²) >= 11 is 0. The smallest absolute Gasteiger partial charge is 0.237 e. The largest absolute Gasteiger partial charge is 0.378 e. The van der Waals surface area contributed by atoms with Crippen molar-refractivity contribution in [2.24, 2.45) is 0 Å². The average molecular weight is 496 g/mol. The number of pyridine rings is 1. The van der Waals surface area contributed by atoms with Gasteiger partial charge in [0.25, 0.3) is 0 Å². The van der Waals surface area contributed by atoms with Crippen LogP contribution in [0.1, 0.15) is 28.7 Å². The summed E-state index contributed by atoms with van der Waals surface area (Å²) in [7, 11) is 4.10. The number of benzene rings is 2. The van der Waals surface area contributed by atoms with Gasteiger partial charge in [-0.25, -0.2) is 0 Å². The summed E-state index contributed by atoms with van der Waals surface area (Å²) in [6.07, 6.45) is 10.7. The van der Waals surface area contributed by atoms with Crippen LogP contribution in [0.3, 0.4) is 0 Å². The molecule has 1 aromatic heterocycles. The van der Waals surface area contributed by atoms with Gasteiger partial charge >= 0.3 is 0 Å². The fraction of sp³-hybridized carbons (Fsp3) is 0.355. The second-order valence-electron chi connectivity index (χ2n) is 10.4. The highest BCUT2D eigenvalue weighted by atomic mass is 16.2. The van der Waals surface area contributed by atoms with Gasteiger partial charge in [0.1, 0.15) is 0 Å². The van der Waals surface area contributed by atoms with E-state index in [9.17, 15) is 4.79 Å². The fourth-order valence-corrected chi connectivity index (χ4v) is 5.56. The number of nitrogens with one attached hydrogen (secondary N) is 2. The van der Waals surface area contributed by atoms with Gasteiger partial charge in [0.15, 0.2) is 0 Å². The number of hydrogen-bond donors (Lipinski definition) is 2. The fourth-order valence-electron chi connectivity index (χ4n) is 5.56. The molecular formula is C31H37N5O. The molecule has 0 bridgehead atoms. The van der Waals surface area contributed by atoms with E-state index >= 15 is 0 Å². The zero-order valence-electron chi connectivity index (χ0n) is 21.8. The standard InChI is InChI=1S/C31H37N5O/c1-35(2)28-13-11-23(12-14-28)7-6-16-33-27-19-30(31(37)34-21-24-8-5-15-32-20-24)36(22-27)29-17-25-9-3-4-10-26(25)18-29/h3-15,20,27,29-30,33H,16-19,21-22H2,1-2H3,(H,34,37)/t27-,30-/m0/s1. The molecule has 6 nitrogen and oxygen atoms in total. The van der Waals surface area contributed by atoms with Crippen LogP contribution in [-0.2, 0) is 24.2 Å². The number of amides is 1. The van der Waals surface area contributed by atoms with E-state index in [0.717, 1.165) is 37.9 Å². The van der Waals surface area contributed by atoms with E-state index in [0.29, 0.717) is 12.6 Å². The van der Waals surface area contributed by atoms with Crippen molar-refractivity contribution in [3.63, 3.8) is 0 Å². The molecule has 2 aromatic carbocycles. The minimum Gasteiger partial charge on any atom is -0.378 e. The number of anilines is 1. The first-order valence-corrected chi connectivity index (χ1v) is 13.2.